The Kier molecular flexibility index (Phi) is 5.94. The van der Waals surface area contributed by atoms with Crippen molar-refractivity contribution in [1.29, 1.82) is 0 Å². The normalized spacial score (nSPS) is 53.1. The molecule has 0 aromatic heterocycles. The van der Waals surface area contributed by atoms with Crippen LogP contribution in [0.5, 0.6) is 0 Å². The Morgan fingerprint density at radius 1 is 0.829 bits per heavy atom. The van der Waals surface area contributed by atoms with Gasteiger partial charge < -0.3 is 14.9 Å². The van der Waals surface area contributed by atoms with Crippen LogP contribution in [0.3, 0.4) is 0 Å². The molecule has 10 atom stereocenters. The minimum absolute atomic E-state index is 0.0333. The third-order valence-corrected chi connectivity index (χ3v) is 13.2. The van der Waals surface area contributed by atoms with Gasteiger partial charge in [-0.2, -0.15) is 0 Å². The van der Waals surface area contributed by atoms with E-state index in [9.17, 15) is 15.0 Å². The van der Waals surface area contributed by atoms with E-state index in [-0.39, 0.29) is 39.7 Å². The number of aliphatic hydroxyl groups is 2. The minimum atomic E-state index is -0.817. The van der Waals surface area contributed by atoms with Crippen molar-refractivity contribution in [2.45, 2.75) is 118 Å². The molecule has 0 radical (unpaired) electrons. The zero-order valence-corrected chi connectivity index (χ0v) is 23.3. The number of carbonyl (C=O) groups excluding carboxylic acids is 1. The smallest absolute Gasteiger partial charge is 0.314 e. The van der Waals surface area contributed by atoms with Gasteiger partial charge in [0, 0.05) is 0 Å². The summed E-state index contributed by atoms with van der Waals surface area (Å²) in [4.78, 5) is 13.1. The van der Waals surface area contributed by atoms with Crippen molar-refractivity contribution in [3.05, 3.63) is 11.6 Å². The van der Waals surface area contributed by atoms with E-state index in [0.29, 0.717) is 24.2 Å². The van der Waals surface area contributed by atoms with Gasteiger partial charge in [-0.3, -0.25) is 4.79 Å². The zero-order chi connectivity index (χ0) is 25.6. The predicted molar refractivity (Wildman–Crippen MR) is 138 cm³/mol. The molecule has 35 heavy (non-hydrogen) atoms. The molecular weight excluding hydrogens is 436 g/mol. The summed E-state index contributed by atoms with van der Waals surface area (Å²) in [5.41, 5.74) is 1.34. The van der Waals surface area contributed by atoms with Crippen molar-refractivity contribution >= 4 is 5.97 Å². The van der Waals surface area contributed by atoms with Crippen molar-refractivity contribution in [2.24, 2.45) is 50.7 Å². The number of allylic oxidation sites excluding steroid dienone is 2. The molecule has 0 aromatic rings. The molecule has 0 amide bonds. The Hall–Kier alpha value is -0.870. The first kappa shape index (κ1) is 25.8. The van der Waals surface area contributed by atoms with Gasteiger partial charge in [0.15, 0.2) is 0 Å². The molecule has 4 saturated carbocycles. The Bertz CT molecular complexity index is 908. The van der Waals surface area contributed by atoms with E-state index < -0.39 is 11.5 Å². The second kappa shape index (κ2) is 8.06. The fourth-order valence-electron chi connectivity index (χ4n) is 11.1. The van der Waals surface area contributed by atoms with E-state index in [1.54, 1.807) is 5.57 Å². The highest BCUT2D eigenvalue weighted by Crippen LogP contribution is 2.70. The van der Waals surface area contributed by atoms with Gasteiger partial charge in [0.1, 0.15) is 0 Å². The minimum Gasteiger partial charge on any atom is -0.469 e. The molecule has 2 unspecified atom stereocenters. The van der Waals surface area contributed by atoms with Crippen molar-refractivity contribution in [3.8, 4) is 0 Å². The number of ether oxygens (including phenoxy) is 1. The maximum Gasteiger partial charge on any atom is 0.314 e. The van der Waals surface area contributed by atoms with Gasteiger partial charge in [-0.1, -0.05) is 46.3 Å². The summed E-state index contributed by atoms with van der Waals surface area (Å²) in [7, 11) is 1.47. The van der Waals surface area contributed by atoms with Crippen LogP contribution < -0.4 is 0 Å². The second-order valence-electron chi connectivity index (χ2n) is 14.9. The summed E-state index contributed by atoms with van der Waals surface area (Å²) >= 11 is 0. The summed E-state index contributed by atoms with van der Waals surface area (Å²) < 4.78 is 5.29. The molecule has 0 saturated heterocycles. The monoisotopic (exact) mass is 486 g/mol. The lowest BCUT2D eigenvalue weighted by molar-refractivity contribution is -0.202. The lowest BCUT2D eigenvalue weighted by atomic mass is 9.41. The van der Waals surface area contributed by atoms with Crippen molar-refractivity contribution in [2.75, 3.05) is 7.11 Å². The average molecular weight is 487 g/mol. The van der Waals surface area contributed by atoms with E-state index in [2.05, 4.69) is 40.7 Å². The van der Waals surface area contributed by atoms with Crippen LogP contribution in [-0.4, -0.2) is 35.5 Å². The summed E-state index contributed by atoms with van der Waals surface area (Å²) in [6.07, 6.45) is 12.3. The third-order valence-electron chi connectivity index (χ3n) is 13.2. The quantitative estimate of drug-likeness (QED) is 0.337. The first-order valence-electron chi connectivity index (χ1n) is 14.4. The molecular formula is C31H50O4. The van der Waals surface area contributed by atoms with Crippen LogP contribution in [0.15, 0.2) is 11.6 Å². The molecule has 0 spiro atoms. The first-order chi connectivity index (χ1) is 16.2. The van der Waals surface area contributed by atoms with Crippen molar-refractivity contribution in [1.82, 2.24) is 0 Å². The Balaban J connectivity index is 1.51. The van der Waals surface area contributed by atoms with Gasteiger partial charge >= 0.3 is 5.97 Å². The van der Waals surface area contributed by atoms with Crippen LogP contribution in [-0.2, 0) is 9.53 Å². The molecule has 198 valence electrons. The van der Waals surface area contributed by atoms with E-state index in [4.69, 9.17) is 4.74 Å². The molecule has 4 fully saturated rings. The molecule has 4 heteroatoms. The van der Waals surface area contributed by atoms with Crippen molar-refractivity contribution < 1.29 is 19.7 Å². The van der Waals surface area contributed by atoms with Crippen LogP contribution in [0.25, 0.3) is 0 Å². The van der Waals surface area contributed by atoms with Gasteiger partial charge in [0.25, 0.3) is 0 Å². The van der Waals surface area contributed by atoms with E-state index in [0.717, 1.165) is 38.5 Å². The van der Waals surface area contributed by atoms with Crippen LogP contribution in [0.4, 0.5) is 0 Å². The highest BCUT2D eigenvalue weighted by molar-refractivity contribution is 5.78. The van der Waals surface area contributed by atoms with Crippen molar-refractivity contribution in [3.63, 3.8) is 0 Å². The van der Waals surface area contributed by atoms with Gasteiger partial charge in [0.2, 0.25) is 0 Å². The van der Waals surface area contributed by atoms with Gasteiger partial charge in [-0.05, 0) is 116 Å². The number of rotatable bonds is 1. The summed E-state index contributed by atoms with van der Waals surface area (Å²) in [5.74, 6) is 1.59. The highest BCUT2D eigenvalue weighted by Gasteiger charge is 2.66. The molecule has 5 aliphatic rings. The van der Waals surface area contributed by atoms with Gasteiger partial charge in [0.05, 0.1) is 24.7 Å². The number of esters is 1. The topological polar surface area (TPSA) is 66.8 Å². The SMILES string of the molecule is COC(=O)[C@@]1(C)C(O)CC[C@@]2(C)[C@H]1CC[C@@]1(C)CC3=CC[C@H]4C(C)(C)C(O)CC[C@]4(C)[C@H]3CC[C@@H]12. The summed E-state index contributed by atoms with van der Waals surface area (Å²) in [6.45, 7) is 14.1. The summed E-state index contributed by atoms with van der Waals surface area (Å²) in [5, 5.41) is 21.9. The third kappa shape index (κ3) is 3.33. The first-order valence-corrected chi connectivity index (χ1v) is 14.4. The maximum atomic E-state index is 13.1. The molecule has 5 aliphatic carbocycles. The number of hydrogen-bond donors (Lipinski definition) is 2. The van der Waals surface area contributed by atoms with Crippen LogP contribution in [0.2, 0.25) is 0 Å². The van der Waals surface area contributed by atoms with Gasteiger partial charge in [-0.25, -0.2) is 0 Å². The molecule has 5 rings (SSSR count). The Morgan fingerprint density at radius 2 is 1.49 bits per heavy atom. The lowest BCUT2D eigenvalue weighted by Crippen LogP contribution is -2.61. The number of carbonyl (C=O) groups is 1. The van der Waals surface area contributed by atoms with E-state index >= 15 is 0 Å². The average Bonchev–Trinajstić information content (AvgIpc) is 2.96. The molecule has 0 aliphatic heterocycles. The van der Waals surface area contributed by atoms with Crippen LogP contribution in [0.1, 0.15) is 106 Å². The molecule has 2 N–H and O–H groups in total. The van der Waals surface area contributed by atoms with Crippen LogP contribution >= 0.6 is 0 Å². The van der Waals surface area contributed by atoms with Gasteiger partial charge in [-0.15, -0.1) is 0 Å². The fraction of sp³-hybridized carbons (Fsp3) is 0.903. The second-order valence-corrected chi connectivity index (χ2v) is 14.9. The number of fused-ring (bicyclic) bond motifs is 6. The fourth-order valence-corrected chi connectivity index (χ4v) is 11.1. The maximum absolute atomic E-state index is 13.1. The number of hydrogen-bond acceptors (Lipinski definition) is 4. The lowest BCUT2D eigenvalue weighted by Gasteiger charge is -2.63. The zero-order valence-electron chi connectivity index (χ0n) is 23.3. The van der Waals surface area contributed by atoms with E-state index in [1.807, 2.05) is 6.92 Å². The molecule has 0 heterocycles. The largest absolute Gasteiger partial charge is 0.469 e. The Morgan fingerprint density at radius 3 is 2.17 bits per heavy atom. The standard InChI is InChI=1S/C31H50O4/c1-27(2)21-10-8-19-18-28(3)15-12-23-30(5,17-14-25(33)31(23,6)26(34)35-7)22(28)11-9-20(19)29(21,4)16-13-24(27)32/h8,20-25,32-33H,9-18H2,1-7H3/t20-,21-,22-,23+,24?,25?,28-,29+,30+,31+/m0/s1. The summed E-state index contributed by atoms with van der Waals surface area (Å²) in [6, 6.07) is 0. The molecule has 0 aromatic carbocycles. The van der Waals surface area contributed by atoms with E-state index in [1.165, 1.54) is 26.4 Å². The predicted octanol–water partition coefficient (Wildman–Crippen LogP) is 6.29. The molecule has 4 nitrogen and oxygen atoms in total. The molecule has 0 bridgehead atoms. The Labute approximate surface area is 213 Å². The number of aliphatic hydroxyl groups excluding tert-OH is 2. The highest BCUT2D eigenvalue weighted by atomic mass is 16.5. The number of methoxy groups -OCH3 is 1. The van der Waals surface area contributed by atoms with Crippen LogP contribution in [0, 0.1) is 50.7 Å².